The normalized spacial score (nSPS) is 11.4. The number of ether oxygens (including phenoxy) is 1. The number of unbranched alkanes of at least 4 members (excludes halogenated alkanes) is 4. The van der Waals surface area contributed by atoms with E-state index >= 15 is 0 Å². The summed E-state index contributed by atoms with van der Waals surface area (Å²) in [6, 6.07) is 0. The van der Waals surface area contributed by atoms with Gasteiger partial charge in [0.25, 0.3) is 0 Å². The van der Waals surface area contributed by atoms with Gasteiger partial charge < -0.3 is 4.74 Å². The molecule has 0 aromatic heterocycles. The Morgan fingerprint density at radius 3 is 2.24 bits per heavy atom. The number of carbonyl (C=O) groups excluding carboxylic acids is 1. The fourth-order valence-corrected chi connectivity index (χ4v) is 1.44. The van der Waals surface area contributed by atoms with E-state index in [2.05, 4.69) is 31.2 Å². The third-order valence-corrected chi connectivity index (χ3v) is 2.40. The van der Waals surface area contributed by atoms with Crippen LogP contribution in [0.2, 0.25) is 0 Å². The highest BCUT2D eigenvalue weighted by Gasteiger charge is 1.89. The van der Waals surface area contributed by atoms with E-state index in [0.717, 1.165) is 19.3 Å². The molecule has 0 aliphatic carbocycles. The molecular formula is C15H26O2. The lowest BCUT2D eigenvalue weighted by atomic mass is 10.2. The predicted octanol–water partition coefficient (Wildman–Crippen LogP) is 4.41. The van der Waals surface area contributed by atoms with E-state index in [9.17, 15) is 4.79 Å². The molecule has 0 radical (unpaired) electrons. The average molecular weight is 238 g/mol. The van der Waals surface area contributed by atoms with Crippen molar-refractivity contribution in [1.29, 1.82) is 0 Å². The lowest BCUT2D eigenvalue weighted by Crippen LogP contribution is -1.99. The van der Waals surface area contributed by atoms with Gasteiger partial charge in [-0.1, -0.05) is 44.1 Å². The summed E-state index contributed by atoms with van der Waals surface area (Å²) >= 11 is 0. The van der Waals surface area contributed by atoms with E-state index in [4.69, 9.17) is 4.74 Å². The predicted molar refractivity (Wildman–Crippen MR) is 72.9 cm³/mol. The molecule has 0 rings (SSSR count). The molecule has 0 saturated heterocycles. The molecule has 0 bridgehead atoms. The van der Waals surface area contributed by atoms with Crippen molar-refractivity contribution >= 4 is 5.97 Å². The van der Waals surface area contributed by atoms with Gasteiger partial charge in [-0.15, -0.1) is 0 Å². The molecule has 0 fully saturated rings. The summed E-state index contributed by atoms with van der Waals surface area (Å²) in [4.78, 5) is 10.5. The fourth-order valence-electron chi connectivity index (χ4n) is 1.44. The first-order chi connectivity index (χ1) is 8.27. The van der Waals surface area contributed by atoms with Crippen LogP contribution in [0.3, 0.4) is 0 Å². The molecule has 0 heterocycles. The molecule has 17 heavy (non-hydrogen) atoms. The van der Waals surface area contributed by atoms with Crippen molar-refractivity contribution in [3.05, 3.63) is 24.3 Å². The fraction of sp³-hybridized carbons (Fsp3) is 0.667. The second-order valence-electron chi connectivity index (χ2n) is 4.16. The highest BCUT2D eigenvalue weighted by Crippen LogP contribution is 2.01. The molecule has 0 amide bonds. The van der Waals surface area contributed by atoms with Gasteiger partial charge in [-0.3, -0.25) is 4.79 Å². The van der Waals surface area contributed by atoms with Gasteiger partial charge >= 0.3 is 5.97 Å². The summed E-state index contributed by atoms with van der Waals surface area (Å²) in [5.41, 5.74) is 0. The molecule has 0 aromatic rings. The van der Waals surface area contributed by atoms with Gasteiger partial charge in [0.15, 0.2) is 0 Å². The molecule has 0 N–H and O–H groups in total. The van der Waals surface area contributed by atoms with Gasteiger partial charge in [0.05, 0.1) is 6.61 Å². The van der Waals surface area contributed by atoms with Crippen molar-refractivity contribution in [1.82, 2.24) is 0 Å². The molecule has 98 valence electrons. The maximum atomic E-state index is 10.5. The molecule has 0 aliphatic heterocycles. The minimum atomic E-state index is -0.191. The number of hydrogen-bond donors (Lipinski definition) is 0. The van der Waals surface area contributed by atoms with E-state index in [1.165, 1.54) is 32.6 Å². The Balaban J connectivity index is 3.21. The molecular weight excluding hydrogens is 212 g/mol. The summed E-state index contributed by atoms with van der Waals surface area (Å²) in [5, 5.41) is 0. The standard InChI is InChI=1S/C15H26O2/c1-3-4-5-6-7-8-9-10-11-12-13-14-17-15(2)16/h7-8,10-11H,3-6,9,12-14H2,1-2H3/b8-7?,11-10-. The SMILES string of the molecule is CCCCCC=CC/C=C\CCCOC(C)=O. The quantitative estimate of drug-likeness (QED) is 0.320. The first-order valence-electron chi connectivity index (χ1n) is 6.70. The van der Waals surface area contributed by atoms with Gasteiger partial charge in [0, 0.05) is 6.92 Å². The number of allylic oxidation sites excluding steroid dienone is 4. The van der Waals surface area contributed by atoms with Crippen LogP contribution in [0.5, 0.6) is 0 Å². The van der Waals surface area contributed by atoms with Crippen LogP contribution in [-0.2, 0) is 9.53 Å². The Hall–Kier alpha value is -1.05. The van der Waals surface area contributed by atoms with E-state index < -0.39 is 0 Å². The van der Waals surface area contributed by atoms with E-state index in [1.54, 1.807) is 0 Å². The van der Waals surface area contributed by atoms with Crippen LogP contribution in [0.4, 0.5) is 0 Å². The van der Waals surface area contributed by atoms with E-state index in [0.29, 0.717) is 6.61 Å². The average Bonchev–Trinajstić information content (AvgIpc) is 2.30. The maximum absolute atomic E-state index is 10.5. The van der Waals surface area contributed by atoms with Crippen LogP contribution in [0, 0.1) is 0 Å². The highest BCUT2D eigenvalue weighted by atomic mass is 16.5. The van der Waals surface area contributed by atoms with Crippen molar-refractivity contribution in [3.63, 3.8) is 0 Å². The van der Waals surface area contributed by atoms with Crippen LogP contribution in [0.1, 0.15) is 58.8 Å². The zero-order valence-electron chi connectivity index (χ0n) is 11.3. The van der Waals surface area contributed by atoms with Crippen molar-refractivity contribution in [2.75, 3.05) is 6.61 Å². The van der Waals surface area contributed by atoms with E-state index in [1.807, 2.05) is 0 Å². The summed E-state index contributed by atoms with van der Waals surface area (Å²) in [7, 11) is 0. The lowest BCUT2D eigenvalue weighted by Gasteiger charge is -1.97. The van der Waals surface area contributed by atoms with Crippen molar-refractivity contribution < 1.29 is 9.53 Å². The maximum Gasteiger partial charge on any atom is 0.302 e. The molecule has 2 heteroatoms. The largest absolute Gasteiger partial charge is 0.466 e. The van der Waals surface area contributed by atoms with Gasteiger partial charge in [-0.2, -0.15) is 0 Å². The Bertz CT molecular complexity index is 229. The molecule has 0 unspecified atom stereocenters. The van der Waals surface area contributed by atoms with Crippen LogP contribution in [-0.4, -0.2) is 12.6 Å². The molecule has 2 nitrogen and oxygen atoms in total. The zero-order chi connectivity index (χ0) is 12.8. The second-order valence-corrected chi connectivity index (χ2v) is 4.16. The van der Waals surface area contributed by atoms with Gasteiger partial charge in [0.1, 0.15) is 0 Å². The molecule has 0 saturated carbocycles. The molecule has 0 aromatic carbocycles. The van der Waals surface area contributed by atoms with Gasteiger partial charge in [-0.25, -0.2) is 0 Å². The Labute approximate surface area is 106 Å². The Kier molecular flexibility index (Phi) is 12.2. The molecule has 0 atom stereocenters. The Morgan fingerprint density at radius 2 is 1.65 bits per heavy atom. The number of esters is 1. The summed E-state index contributed by atoms with van der Waals surface area (Å²) < 4.78 is 4.84. The molecule has 0 aliphatic rings. The summed E-state index contributed by atoms with van der Waals surface area (Å²) in [6.07, 6.45) is 16.8. The van der Waals surface area contributed by atoms with Crippen LogP contribution in [0.15, 0.2) is 24.3 Å². The number of hydrogen-bond acceptors (Lipinski definition) is 2. The third kappa shape index (κ3) is 14.9. The third-order valence-electron chi connectivity index (χ3n) is 2.40. The number of rotatable bonds is 10. The number of carbonyl (C=O) groups is 1. The van der Waals surface area contributed by atoms with Crippen LogP contribution in [0.25, 0.3) is 0 Å². The second kappa shape index (κ2) is 13.0. The Morgan fingerprint density at radius 1 is 1.00 bits per heavy atom. The highest BCUT2D eigenvalue weighted by molar-refractivity contribution is 5.65. The van der Waals surface area contributed by atoms with Gasteiger partial charge in [-0.05, 0) is 32.1 Å². The smallest absolute Gasteiger partial charge is 0.302 e. The minimum Gasteiger partial charge on any atom is -0.466 e. The van der Waals surface area contributed by atoms with Crippen molar-refractivity contribution in [2.45, 2.75) is 58.8 Å². The van der Waals surface area contributed by atoms with Crippen molar-refractivity contribution in [2.24, 2.45) is 0 Å². The van der Waals surface area contributed by atoms with E-state index in [-0.39, 0.29) is 5.97 Å². The van der Waals surface area contributed by atoms with Gasteiger partial charge in [0.2, 0.25) is 0 Å². The summed E-state index contributed by atoms with van der Waals surface area (Å²) in [6.45, 7) is 4.20. The van der Waals surface area contributed by atoms with Crippen LogP contribution < -0.4 is 0 Å². The molecule has 0 spiro atoms. The zero-order valence-corrected chi connectivity index (χ0v) is 11.3. The lowest BCUT2D eigenvalue weighted by molar-refractivity contribution is -0.141. The van der Waals surface area contributed by atoms with Crippen LogP contribution >= 0.6 is 0 Å². The monoisotopic (exact) mass is 238 g/mol. The minimum absolute atomic E-state index is 0.191. The topological polar surface area (TPSA) is 26.3 Å². The first kappa shape index (κ1) is 16.0. The summed E-state index contributed by atoms with van der Waals surface area (Å²) in [5.74, 6) is -0.191. The van der Waals surface area contributed by atoms with Crippen molar-refractivity contribution in [3.8, 4) is 0 Å². The first-order valence-corrected chi connectivity index (χ1v) is 6.70.